The Morgan fingerprint density at radius 1 is 1.03 bits per heavy atom. The van der Waals surface area contributed by atoms with Crippen LogP contribution in [0.1, 0.15) is 0 Å². The number of nitrogens with one attached hydrogen (secondary N) is 1. The fraction of sp³-hybridized carbons (Fsp3) is 0.240. The van der Waals surface area contributed by atoms with Crippen molar-refractivity contribution < 1.29 is 13.2 Å². The van der Waals surface area contributed by atoms with Gasteiger partial charge in [-0.1, -0.05) is 12.1 Å². The summed E-state index contributed by atoms with van der Waals surface area (Å²) in [4.78, 5) is 9.18. The summed E-state index contributed by atoms with van der Waals surface area (Å²) >= 11 is 0. The second-order valence-electron chi connectivity index (χ2n) is 8.58. The topological polar surface area (TPSA) is 106 Å². The van der Waals surface area contributed by atoms with E-state index in [1.54, 1.807) is 43.6 Å². The molecular weight excluding hydrogens is 464 g/mol. The van der Waals surface area contributed by atoms with Gasteiger partial charge in [-0.05, 0) is 37.4 Å². The van der Waals surface area contributed by atoms with Gasteiger partial charge in [0, 0.05) is 61.8 Å². The van der Waals surface area contributed by atoms with Crippen LogP contribution in [-0.4, -0.2) is 62.6 Å². The molecule has 3 N–H and O–H groups in total. The van der Waals surface area contributed by atoms with Crippen LogP contribution < -0.4 is 20.7 Å². The van der Waals surface area contributed by atoms with E-state index in [-0.39, 0.29) is 10.6 Å². The number of rotatable bonds is 6. The minimum atomic E-state index is -3.87. The van der Waals surface area contributed by atoms with Gasteiger partial charge in [-0.15, -0.1) is 0 Å². The Bertz CT molecular complexity index is 1480. The second-order valence-corrected chi connectivity index (χ2v) is 10.4. The number of pyridine rings is 1. The lowest BCUT2D eigenvalue weighted by molar-refractivity contribution is 0.312. The van der Waals surface area contributed by atoms with Crippen molar-refractivity contribution in [2.24, 2.45) is 0 Å². The Kier molecular flexibility index (Phi) is 6.00. The van der Waals surface area contributed by atoms with Gasteiger partial charge in [0.1, 0.15) is 16.5 Å². The van der Waals surface area contributed by atoms with Gasteiger partial charge < -0.3 is 25.6 Å². The molecule has 35 heavy (non-hydrogen) atoms. The number of methoxy groups -OCH3 is 1. The lowest BCUT2D eigenvalue weighted by Crippen LogP contribution is -2.44. The summed E-state index contributed by atoms with van der Waals surface area (Å²) in [7, 11) is -0.113. The molecular formula is C25H28N6O3S. The number of nitrogens with two attached hydrogens (primary N) is 1. The number of piperazine rings is 1. The molecule has 1 saturated heterocycles. The van der Waals surface area contributed by atoms with Crippen molar-refractivity contribution in [1.82, 2.24) is 13.9 Å². The summed E-state index contributed by atoms with van der Waals surface area (Å²) in [5, 5.41) is 3.98. The first-order chi connectivity index (χ1) is 16.9. The molecule has 182 valence electrons. The molecule has 9 nitrogen and oxygen atoms in total. The number of fused-ring (bicyclic) bond motifs is 1. The lowest BCUT2D eigenvalue weighted by Gasteiger charge is -2.34. The number of hydrogen-bond acceptors (Lipinski definition) is 8. The van der Waals surface area contributed by atoms with Crippen molar-refractivity contribution in [2.75, 3.05) is 56.3 Å². The van der Waals surface area contributed by atoms with Crippen LogP contribution in [0.2, 0.25) is 0 Å². The minimum absolute atomic E-state index is 0.0602. The summed E-state index contributed by atoms with van der Waals surface area (Å²) in [6, 6.07) is 15.9. The first-order valence-electron chi connectivity index (χ1n) is 11.3. The predicted molar refractivity (Wildman–Crippen MR) is 139 cm³/mol. The molecule has 0 saturated carbocycles. The van der Waals surface area contributed by atoms with E-state index in [1.165, 1.54) is 16.2 Å². The van der Waals surface area contributed by atoms with Crippen LogP contribution in [0.4, 0.5) is 22.9 Å². The van der Waals surface area contributed by atoms with Crippen molar-refractivity contribution in [3.8, 4) is 5.75 Å². The lowest BCUT2D eigenvalue weighted by atomic mass is 10.2. The Morgan fingerprint density at radius 2 is 1.80 bits per heavy atom. The van der Waals surface area contributed by atoms with Gasteiger partial charge >= 0.3 is 0 Å². The standard InChI is InChI=1S/C25H28N6O3S/c1-29-11-13-30(14-12-29)19-7-8-21(23(15-19)34-2)28-25-16-22-18(17-27-25)9-10-31(22)35(32,33)24-6-4-3-5-20(24)26/h3-10,15-17H,11-14,26H2,1-2H3,(H,27,28). The smallest absolute Gasteiger partial charge is 0.270 e. The molecule has 1 fully saturated rings. The summed E-state index contributed by atoms with van der Waals surface area (Å²) in [5.74, 6) is 1.18. The van der Waals surface area contributed by atoms with Crippen LogP contribution in [0.15, 0.2) is 71.9 Å². The number of hydrogen-bond donors (Lipinski definition) is 2. The molecule has 2 aromatic carbocycles. The summed E-state index contributed by atoms with van der Waals surface area (Å²) < 4.78 is 33.5. The highest BCUT2D eigenvalue weighted by Crippen LogP contribution is 2.33. The van der Waals surface area contributed by atoms with Crippen LogP contribution >= 0.6 is 0 Å². The quantitative estimate of drug-likeness (QED) is 0.395. The monoisotopic (exact) mass is 492 g/mol. The molecule has 4 aromatic rings. The summed E-state index contributed by atoms with van der Waals surface area (Å²) in [5.41, 5.74) is 8.50. The van der Waals surface area contributed by atoms with Crippen molar-refractivity contribution in [2.45, 2.75) is 4.90 Å². The molecule has 0 unspecified atom stereocenters. The van der Waals surface area contributed by atoms with Crippen molar-refractivity contribution in [1.29, 1.82) is 0 Å². The number of nitrogen functional groups attached to an aromatic ring is 1. The second kappa shape index (κ2) is 9.12. The highest BCUT2D eigenvalue weighted by molar-refractivity contribution is 7.90. The van der Waals surface area contributed by atoms with Gasteiger partial charge in [0.15, 0.2) is 0 Å². The molecule has 0 atom stereocenters. The molecule has 0 aliphatic carbocycles. The summed E-state index contributed by atoms with van der Waals surface area (Å²) in [6.07, 6.45) is 3.16. The molecule has 1 aliphatic heterocycles. The van der Waals surface area contributed by atoms with Crippen LogP contribution in [0.25, 0.3) is 10.9 Å². The number of ether oxygens (including phenoxy) is 1. The number of likely N-dealkylation sites (N-methyl/N-ethyl adjacent to an activating group) is 1. The molecule has 0 amide bonds. The average molecular weight is 493 g/mol. The van der Waals surface area contributed by atoms with Crippen molar-refractivity contribution in [3.05, 3.63) is 67.0 Å². The third-order valence-electron chi connectivity index (χ3n) is 6.31. The van der Waals surface area contributed by atoms with E-state index in [2.05, 4.69) is 33.2 Å². The van der Waals surface area contributed by atoms with Gasteiger partial charge in [-0.25, -0.2) is 17.4 Å². The largest absolute Gasteiger partial charge is 0.494 e. The average Bonchev–Trinajstić information content (AvgIpc) is 3.29. The van der Waals surface area contributed by atoms with Gasteiger partial charge in [-0.3, -0.25) is 0 Å². The molecule has 3 heterocycles. The third kappa shape index (κ3) is 4.38. The number of benzene rings is 2. The normalized spacial score (nSPS) is 14.9. The first-order valence-corrected chi connectivity index (χ1v) is 12.8. The van der Waals surface area contributed by atoms with Gasteiger partial charge in [-0.2, -0.15) is 0 Å². The highest BCUT2D eigenvalue weighted by atomic mass is 32.2. The van der Waals surface area contributed by atoms with E-state index in [0.717, 1.165) is 37.6 Å². The van der Waals surface area contributed by atoms with E-state index < -0.39 is 10.0 Å². The molecule has 0 bridgehead atoms. The molecule has 10 heteroatoms. The third-order valence-corrected chi connectivity index (χ3v) is 8.07. The first kappa shape index (κ1) is 23.0. The Morgan fingerprint density at radius 3 is 2.54 bits per heavy atom. The van der Waals surface area contributed by atoms with Gasteiger partial charge in [0.05, 0.1) is 24.0 Å². The zero-order valence-corrected chi connectivity index (χ0v) is 20.5. The number of nitrogens with zero attached hydrogens (tertiary/aromatic N) is 4. The van der Waals surface area contributed by atoms with Crippen molar-refractivity contribution >= 4 is 43.8 Å². The fourth-order valence-corrected chi connectivity index (χ4v) is 5.75. The minimum Gasteiger partial charge on any atom is -0.494 e. The summed E-state index contributed by atoms with van der Waals surface area (Å²) in [6.45, 7) is 3.96. The Labute approximate surface area is 204 Å². The van der Waals surface area contributed by atoms with Crippen LogP contribution in [0.5, 0.6) is 5.75 Å². The van der Waals surface area contributed by atoms with Gasteiger partial charge in [0.2, 0.25) is 0 Å². The molecule has 2 aromatic heterocycles. The van der Waals surface area contributed by atoms with Crippen LogP contribution in [0.3, 0.4) is 0 Å². The Hall–Kier alpha value is -3.76. The zero-order chi connectivity index (χ0) is 24.6. The fourth-order valence-electron chi connectivity index (χ4n) is 4.28. The number of aromatic nitrogens is 2. The van der Waals surface area contributed by atoms with Gasteiger partial charge in [0.25, 0.3) is 10.0 Å². The van der Waals surface area contributed by atoms with E-state index >= 15 is 0 Å². The van der Waals surface area contributed by atoms with E-state index in [4.69, 9.17) is 10.5 Å². The van der Waals surface area contributed by atoms with E-state index in [9.17, 15) is 8.42 Å². The van der Waals surface area contributed by atoms with Crippen molar-refractivity contribution in [3.63, 3.8) is 0 Å². The molecule has 0 spiro atoms. The van der Waals surface area contributed by atoms with E-state index in [0.29, 0.717) is 22.5 Å². The van der Waals surface area contributed by atoms with Crippen LogP contribution in [-0.2, 0) is 10.0 Å². The Balaban J connectivity index is 1.46. The highest BCUT2D eigenvalue weighted by Gasteiger charge is 2.22. The number of para-hydroxylation sites is 1. The molecule has 1 aliphatic rings. The predicted octanol–water partition coefficient (Wildman–Crippen LogP) is 3.36. The maximum atomic E-state index is 13.3. The zero-order valence-electron chi connectivity index (χ0n) is 19.7. The molecule has 5 rings (SSSR count). The maximum absolute atomic E-state index is 13.3. The number of anilines is 4. The van der Waals surface area contributed by atoms with Crippen LogP contribution in [0, 0.1) is 0 Å². The molecule has 0 radical (unpaired) electrons. The maximum Gasteiger partial charge on any atom is 0.270 e. The SMILES string of the molecule is COc1cc(N2CCN(C)CC2)ccc1Nc1cc2c(ccn2S(=O)(=O)c2ccccc2N)cn1. The van der Waals surface area contributed by atoms with E-state index in [1.807, 2.05) is 12.1 Å².